The zero-order valence-corrected chi connectivity index (χ0v) is 15.6. The quantitative estimate of drug-likeness (QED) is 0.834. The van der Waals surface area contributed by atoms with Crippen LogP contribution in [0.5, 0.6) is 0 Å². The van der Waals surface area contributed by atoms with Crippen molar-refractivity contribution in [3.63, 3.8) is 0 Å². The van der Waals surface area contributed by atoms with Gasteiger partial charge in [0, 0.05) is 31.2 Å². The van der Waals surface area contributed by atoms with Crippen LogP contribution >= 0.6 is 0 Å². The van der Waals surface area contributed by atoms with Gasteiger partial charge in [-0.3, -0.25) is 9.69 Å². The summed E-state index contributed by atoms with van der Waals surface area (Å²) in [5.74, 6) is 0.630. The van der Waals surface area contributed by atoms with Gasteiger partial charge in [0.15, 0.2) is 0 Å². The third-order valence-corrected chi connectivity index (χ3v) is 5.35. The van der Waals surface area contributed by atoms with Gasteiger partial charge in [-0.05, 0) is 43.0 Å². The smallest absolute Gasteiger partial charge is 0.251 e. The lowest BCUT2D eigenvalue weighted by molar-refractivity contribution is 0.00191. The predicted octanol–water partition coefficient (Wildman–Crippen LogP) is 3.17. The fourth-order valence-corrected chi connectivity index (χ4v) is 3.52. The lowest BCUT2D eigenvalue weighted by atomic mass is 9.92. The molecule has 134 valence electrons. The minimum Gasteiger partial charge on any atom is -0.379 e. The molecule has 2 rings (SSSR count). The van der Waals surface area contributed by atoms with Gasteiger partial charge >= 0.3 is 0 Å². The molecule has 0 spiro atoms. The van der Waals surface area contributed by atoms with Crippen molar-refractivity contribution in [3.8, 4) is 0 Å². The lowest BCUT2D eigenvalue weighted by Crippen LogP contribution is -2.52. The Morgan fingerprint density at radius 3 is 2.42 bits per heavy atom. The van der Waals surface area contributed by atoms with Crippen molar-refractivity contribution < 1.29 is 9.53 Å². The monoisotopic (exact) mass is 332 g/mol. The Morgan fingerprint density at radius 1 is 1.17 bits per heavy atom. The number of morpholine rings is 1. The molecule has 0 bridgehead atoms. The predicted molar refractivity (Wildman–Crippen MR) is 98.5 cm³/mol. The number of hydrogen-bond acceptors (Lipinski definition) is 3. The van der Waals surface area contributed by atoms with Crippen LogP contribution in [0.25, 0.3) is 0 Å². The maximum atomic E-state index is 12.5. The number of benzene rings is 1. The molecule has 1 amide bonds. The van der Waals surface area contributed by atoms with Gasteiger partial charge in [0.05, 0.1) is 13.2 Å². The van der Waals surface area contributed by atoms with E-state index in [1.807, 2.05) is 25.1 Å². The molecule has 1 aromatic rings. The van der Waals surface area contributed by atoms with Crippen LogP contribution in [0.1, 0.15) is 48.2 Å². The van der Waals surface area contributed by atoms with Crippen LogP contribution < -0.4 is 5.32 Å². The first-order chi connectivity index (χ1) is 11.6. The van der Waals surface area contributed by atoms with Gasteiger partial charge in [-0.1, -0.05) is 32.8 Å². The van der Waals surface area contributed by atoms with Crippen molar-refractivity contribution in [1.82, 2.24) is 10.2 Å². The molecule has 1 heterocycles. The number of carbonyl (C=O) groups is 1. The molecule has 1 aliphatic heterocycles. The third kappa shape index (κ3) is 4.81. The minimum absolute atomic E-state index is 0.0299. The highest BCUT2D eigenvalue weighted by atomic mass is 16.5. The Morgan fingerprint density at radius 2 is 1.83 bits per heavy atom. The Kier molecular flexibility index (Phi) is 7.25. The molecule has 0 saturated carbocycles. The number of amides is 1. The molecule has 1 atom stereocenters. The van der Waals surface area contributed by atoms with E-state index in [-0.39, 0.29) is 5.91 Å². The van der Waals surface area contributed by atoms with Crippen LogP contribution in [0.4, 0.5) is 0 Å². The number of nitrogens with one attached hydrogen (secondary N) is 1. The molecule has 24 heavy (non-hydrogen) atoms. The van der Waals surface area contributed by atoms with Crippen molar-refractivity contribution in [1.29, 1.82) is 0 Å². The minimum atomic E-state index is 0.0299. The van der Waals surface area contributed by atoms with Crippen molar-refractivity contribution >= 4 is 5.91 Å². The summed E-state index contributed by atoms with van der Waals surface area (Å²) in [6.07, 6.45) is 2.27. The zero-order valence-electron chi connectivity index (χ0n) is 15.6. The van der Waals surface area contributed by atoms with E-state index in [4.69, 9.17) is 4.74 Å². The van der Waals surface area contributed by atoms with Gasteiger partial charge in [0.1, 0.15) is 0 Å². The fourth-order valence-electron chi connectivity index (χ4n) is 3.52. The van der Waals surface area contributed by atoms with Crippen LogP contribution in [0, 0.1) is 19.8 Å². The second-order valence-corrected chi connectivity index (χ2v) is 6.80. The number of aryl methyl sites for hydroxylation is 2. The topological polar surface area (TPSA) is 41.6 Å². The summed E-state index contributed by atoms with van der Waals surface area (Å²) >= 11 is 0. The van der Waals surface area contributed by atoms with Gasteiger partial charge in [-0.15, -0.1) is 0 Å². The number of carbonyl (C=O) groups excluding carboxylic acids is 1. The molecular weight excluding hydrogens is 300 g/mol. The second-order valence-electron chi connectivity index (χ2n) is 6.80. The van der Waals surface area contributed by atoms with Crippen molar-refractivity contribution in [2.24, 2.45) is 5.92 Å². The van der Waals surface area contributed by atoms with Crippen LogP contribution in [-0.2, 0) is 4.74 Å². The molecule has 1 aromatic carbocycles. The maximum absolute atomic E-state index is 12.5. The first-order valence-electron chi connectivity index (χ1n) is 9.24. The van der Waals surface area contributed by atoms with Gasteiger partial charge < -0.3 is 10.1 Å². The molecule has 1 fully saturated rings. The van der Waals surface area contributed by atoms with Crippen LogP contribution in [0.2, 0.25) is 0 Å². The van der Waals surface area contributed by atoms with Crippen molar-refractivity contribution in [2.75, 3.05) is 32.8 Å². The molecule has 0 aliphatic carbocycles. The van der Waals surface area contributed by atoms with Crippen LogP contribution in [-0.4, -0.2) is 49.7 Å². The summed E-state index contributed by atoms with van der Waals surface area (Å²) in [7, 11) is 0. The Labute approximate surface area is 146 Å². The molecule has 0 aromatic heterocycles. The molecular formula is C20H32N2O2. The van der Waals surface area contributed by atoms with E-state index in [1.165, 1.54) is 5.56 Å². The number of rotatable bonds is 7. The Hall–Kier alpha value is -1.39. The van der Waals surface area contributed by atoms with Gasteiger partial charge in [0.25, 0.3) is 5.91 Å². The lowest BCUT2D eigenvalue weighted by Gasteiger charge is -2.38. The molecule has 1 saturated heterocycles. The van der Waals surface area contributed by atoms with E-state index in [0.29, 0.717) is 18.5 Å². The Bertz CT molecular complexity index is 534. The normalized spacial score (nSPS) is 17.0. The maximum Gasteiger partial charge on any atom is 0.251 e. The van der Waals surface area contributed by atoms with E-state index in [1.54, 1.807) is 0 Å². The summed E-state index contributed by atoms with van der Waals surface area (Å²) in [4.78, 5) is 15.0. The summed E-state index contributed by atoms with van der Waals surface area (Å²) in [5.41, 5.74) is 3.13. The summed E-state index contributed by atoms with van der Waals surface area (Å²) in [6.45, 7) is 12.8. The zero-order chi connectivity index (χ0) is 17.5. The first-order valence-corrected chi connectivity index (χ1v) is 9.24. The van der Waals surface area contributed by atoms with E-state index in [9.17, 15) is 4.79 Å². The van der Waals surface area contributed by atoms with Crippen molar-refractivity contribution in [3.05, 3.63) is 34.9 Å². The fraction of sp³-hybridized carbons (Fsp3) is 0.650. The van der Waals surface area contributed by atoms with E-state index in [2.05, 4.69) is 31.0 Å². The average molecular weight is 332 g/mol. The van der Waals surface area contributed by atoms with E-state index >= 15 is 0 Å². The molecule has 0 radical (unpaired) electrons. The van der Waals surface area contributed by atoms with Crippen molar-refractivity contribution in [2.45, 2.75) is 46.6 Å². The van der Waals surface area contributed by atoms with E-state index < -0.39 is 0 Å². The Balaban J connectivity index is 2.02. The molecule has 4 heteroatoms. The average Bonchev–Trinajstić information content (AvgIpc) is 2.61. The van der Waals surface area contributed by atoms with Gasteiger partial charge in [-0.2, -0.15) is 0 Å². The molecule has 1 aliphatic rings. The largest absolute Gasteiger partial charge is 0.379 e. The molecule has 4 nitrogen and oxygen atoms in total. The van der Waals surface area contributed by atoms with Gasteiger partial charge in [-0.25, -0.2) is 0 Å². The van der Waals surface area contributed by atoms with Crippen LogP contribution in [0.15, 0.2) is 18.2 Å². The summed E-state index contributed by atoms with van der Waals surface area (Å²) < 4.78 is 5.49. The first kappa shape index (κ1) is 18.9. The second kappa shape index (κ2) is 9.19. The SMILES string of the molecule is CCC(CC)[C@@H](CNC(=O)c1ccc(C)c(C)c1)N1CCOCC1. The van der Waals surface area contributed by atoms with Crippen LogP contribution in [0.3, 0.4) is 0 Å². The summed E-state index contributed by atoms with van der Waals surface area (Å²) in [6, 6.07) is 6.30. The standard InChI is InChI=1S/C20H32N2O2/c1-5-17(6-2)19(22-9-11-24-12-10-22)14-21-20(23)18-8-7-15(3)16(4)13-18/h7-8,13,17,19H,5-6,9-12,14H2,1-4H3,(H,21,23)/t19-/m1/s1. The van der Waals surface area contributed by atoms with Gasteiger partial charge in [0.2, 0.25) is 0 Å². The van der Waals surface area contributed by atoms with E-state index in [0.717, 1.165) is 50.3 Å². The molecule has 1 N–H and O–H groups in total. The molecule has 0 unspecified atom stereocenters. The third-order valence-electron chi connectivity index (χ3n) is 5.35. The summed E-state index contributed by atoms with van der Waals surface area (Å²) in [5, 5.41) is 3.17. The highest BCUT2D eigenvalue weighted by molar-refractivity contribution is 5.94. The number of hydrogen-bond donors (Lipinski definition) is 1. The highest BCUT2D eigenvalue weighted by Gasteiger charge is 2.27. The number of ether oxygens (including phenoxy) is 1. The number of nitrogens with zero attached hydrogens (tertiary/aromatic N) is 1. The highest BCUT2D eigenvalue weighted by Crippen LogP contribution is 2.20.